The maximum Gasteiger partial charge on any atom is 0.255 e. The summed E-state index contributed by atoms with van der Waals surface area (Å²) in [6.07, 6.45) is 13.3. The molecule has 1 aromatic carbocycles. The maximum atomic E-state index is 13.3. The van der Waals surface area contributed by atoms with Crippen molar-refractivity contribution in [2.75, 3.05) is 6.54 Å². The molecule has 3 aromatic heterocycles. The van der Waals surface area contributed by atoms with Crippen molar-refractivity contribution in [2.45, 2.75) is 44.8 Å². The van der Waals surface area contributed by atoms with Crippen LogP contribution in [0.3, 0.4) is 0 Å². The number of likely N-dealkylation sites (tertiary alicyclic amines) is 1. The summed E-state index contributed by atoms with van der Waals surface area (Å²) in [5, 5.41) is 0. The van der Waals surface area contributed by atoms with Crippen LogP contribution < -0.4 is 0 Å². The zero-order valence-electron chi connectivity index (χ0n) is 17.5. The lowest BCUT2D eigenvalue weighted by Crippen LogP contribution is -2.44. The van der Waals surface area contributed by atoms with Gasteiger partial charge in [-0.25, -0.2) is 15.0 Å². The van der Waals surface area contributed by atoms with E-state index in [2.05, 4.69) is 31.7 Å². The molecule has 7 heteroatoms. The van der Waals surface area contributed by atoms with E-state index >= 15 is 0 Å². The normalized spacial score (nSPS) is 16.6. The quantitative estimate of drug-likeness (QED) is 0.482. The highest BCUT2D eigenvalue weighted by atomic mass is 16.2. The topological polar surface area (TPSA) is 68.8 Å². The molecular formula is C24H26N6O. The highest BCUT2D eigenvalue weighted by molar-refractivity contribution is 5.96. The summed E-state index contributed by atoms with van der Waals surface area (Å²) < 4.78 is 4.10. The lowest BCUT2D eigenvalue weighted by molar-refractivity contribution is 0.0595. The minimum Gasteiger partial charge on any atom is -0.337 e. The summed E-state index contributed by atoms with van der Waals surface area (Å²) in [6.45, 7) is 2.38. The summed E-state index contributed by atoms with van der Waals surface area (Å²) in [7, 11) is 0. The number of amides is 1. The van der Waals surface area contributed by atoms with Crippen LogP contribution in [-0.2, 0) is 13.1 Å². The molecule has 1 saturated heterocycles. The Bertz CT molecular complexity index is 1150. The largest absolute Gasteiger partial charge is 0.337 e. The summed E-state index contributed by atoms with van der Waals surface area (Å²) in [6, 6.07) is 12.4. The molecule has 0 bridgehead atoms. The van der Waals surface area contributed by atoms with Crippen molar-refractivity contribution in [1.82, 2.24) is 29.0 Å². The van der Waals surface area contributed by atoms with Crippen molar-refractivity contribution < 1.29 is 4.79 Å². The van der Waals surface area contributed by atoms with Gasteiger partial charge in [0.1, 0.15) is 5.52 Å². The Balaban J connectivity index is 1.33. The van der Waals surface area contributed by atoms with Crippen molar-refractivity contribution >= 4 is 17.1 Å². The summed E-state index contributed by atoms with van der Waals surface area (Å²) >= 11 is 0. The van der Waals surface area contributed by atoms with Crippen LogP contribution >= 0.6 is 0 Å². The number of hydrogen-bond donors (Lipinski definition) is 0. The number of benzene rings is 1. The van der Waals surface area contributed by atoms with Gasteiger partial charge in [0.15, 0.2) is 5.65 Å². The highest BCUT2D eigenvalue weighted by Crippen LogP contribution is 2.23. The molecule has 4 aromatic rings. The first-order chi connectivity index (χ1) is 15.3. The van der Waals surface area contributed by atoms with E-state index < -0.39 is 0 Å². The van der Waals surface area contributed by atoms with Gasteiger partial charge in [-0.3, -0.25) is 4.79 Å². The van der Waals surface area contributed by atoms with Crippen LogP contribution in [0.25, 0.3) is 11.2 Å². The number of imidazole rings is 2. The van der Waals surface area contributed by atoms with Crippen LogP contribution in [0.15, 0.2) is 67.6 Å². The summed E-state index contributed by atoms with van der Waals surface area (Å²) in [5.74, 6) is 0.0577. The molecule has 1 atom stereocenters. The number of carbonyl (C=O) groups excluding carboxylic acids is 1. The third kappa shape index (κ3) is 4.21. The smallest absolute Gasteiger partial charge is 0.255 e. The Morgan fingerprint density at radius 2 is 2.00 bits per heavy atom. The van der Waals surface area contributed by atoms with E-state index in [4.69, 9.17) is 0 Å². The number of aryl methyl sites for hydroxylation is 1. The van der Waals surface area contributed by atoms with E-state index in [9.17, 15) is 4.79 Å². The van der Waals surface area contributed by atoms with Crippen molar-refractivity contribution in [3.8, 4) is 0 Å². The Morgan fingerprint density at radius 3 is 2.84 bits per heavy atom. The van der Waals surface area contributed by atoms with Crippen LogP contribution in [0.4, 0.5) is 0 Å². The van der Waals surface area contributed by atoms with Gasteiger partial charge in [-0.15, -0.1) is 0 Å². The molecule has 0 aliphatic carbocycles. The minimum absolute atomic E-state index is 0.0577. The molecule has 1 fully saturated rings. The Kier molecular flexibility index (Phi) is 5.48. The second-order valence-corrected chi connectivity index (χ2v) is 8.16. The fraction of sp³-hybridized carbons (Fsp3) is 0.333. The number of nitrogens with zero attached hydrogens (tertiary/aromatic N) is 6. The third-order valence-corrected chi connectivity index (χ3v) is 6.07. The predicted octanol–water partition coefficient (Wildman–Crippen LogP) is 3.76. The Labute approximate surface area is 181 Å². The standard InChI is InChI=1S/C24H26N6O/c31-24(30-11-5-4-8-21(30)9-12-28-13-10-25-17-28)20-14-22-23(26-15-20)29(18-27-22)16-19-6-2-1-3-7-19/h1-3,6-7,10,13-15,17-18,21H,4-5,8-9,11-12,16H2. The lowest BCUT2D eigenvalue weighted by Gasteiger charge is -2.36. The Morgan fingerprint density at radius 1 is 1.10 bits per heavy atom. The van der Waals surface area contributed by atoms with Gasteiger partial charge in [0.05, 0.1) is 24.8 Å². The van der Waals surface area contributed by atoms with E-state index in [1.807, 2.05) is 46.3 Å². The van der Waals surface area contributed by atoms with Gasteiger partial charge in [0.2, 0.25) is 0 Å². The van der Waals surface area contributed by atoms with Crippen molar-refractivity contribution in [2.24, 2.45) is 0 Å². The van der Waals surface area contributed by atoms with Gasteiger partial charge < -0.3 is 14.0 Å². The van der Waals surface area contributed by atoms with Crippen LogP contribution in [-0.4, -0.2) is 47.5 Å². The van der Waals surface area contributed by atoms with E-state index in [-0.39, 0.29) is 11.9 Å². The van der Waals surface area contributed by atoms with Crippen LogP contribution in [0.5, 0.6) is 0 Å². The number of aromatic nitrogens is 5. The molecule has 0 saturated carbocycles. The molecule has 1 aliphatic heterocycles. The van der Waals surface area contributed by atoms with Gasteiger partial charge in [-0.2, -0.15) is 0 Å². The Hall–Kier alpha value is -3.48. The van der Waals surface area contributed by atoms with Gasteiger partial charge in [-0.05, 0) is 37.3 Å². The molecule has 158 valence electrons. The second-order valence-electron chi connectivity index (χ2n) is 8.16. The molecule has 0 N–H and O–H groups in total. The van der Waals surface area contributed by atoms with Gasteiger partial charge in [0.25, 0.3) is 5.91 Å². The fourth-order valence-corrected chi connectivity index (χ4v) is 4.41. The number of hydrogen-bond acceptors (Lipinski definition) is 4. The predicted molar refractivity (Wildman–Crippen MR) is 119 cm³/mol. The average Bonchev–Trinajstić information content (AvgIpc) is 3.48. The number of carbonyl (C=O) groups is 1. The molecular weight excluding hydrogens is 388 g/mol. The van der Waals surface area contributed by atoms with Crippen LogP contribution in [0.1, 0.15) is 41.6 Å². The van der Waals surface area contributed by atoms with Crippen LogP contribution in [0, 0.1) is 0 Å². The molecule has 7 nitrogen and oxygen atoms in total. The first kappa shape index (κ1) is 19.5. The highest BCUT2D eigenvalue weighted by Gasteiger charge is 2.28. The van der Waals surface area contributed by atoms with Crippen molar-refractivity contribution in [1.29, 1.82) is 0 Å². The summed E-state index contributed by atoms with van der Waals surface area (Å²) in [4.78, 5) is 28.6. The average molecular weight is 415 g/mol. The van der Waals surface area contributed by atoms with E-state index in [0.717, 1.165) is 43.5 Å². The molecule has 5 rings (SSSR count). The molecule has 0 radical (unpaired) electrons. The number of rotatable bonds is 6. The molecule has 1 unspecified atom stereocenters. The third-order valence-electron chi connectivity index (χ3n) is 6.07. The fourth-order valence-electron chi connectivity index (χ4n) is 4.41. The first-order valence-corrected chi connectivity index (χ1v) is 10.9. The van der Waals surface area contributed by atoms with Gasteiger partial charge in [0, 0.05) is 37.7 Å². The van der Waals surface area contributed by atoms with Crippen molar-refractivity contribution in [3.63, 3.8) is 0 Å². The second kappa shape index (κ2) is 8.71. The number of pyridine rings is 1. The number of fused-ring (bicyclic) bond motifs is 1. The maximum absolute atomic E-state index is 13.3. The molecule has 4 heterocycles. The monoisotopic (exact) mass is 414 g/mol. The summed E-state index contributed by atoms with van der Waals surface area (Å²) in [5.41, 5.74) is 3.37. The van der Waals surface area contributed by atoms with E-state index in [0.29, 0.717) is 12.1 Å². The van der Waals surface area contributed by atoms with Crippen LogP contribution in [0.2, 0.25) is 0 Å². The van der Waals surface area contributed by atoms with E-state index in [1.54, 1.807) is 18.7 Å². The molecule has 31 heavy (non-hydrogen) atoms. The zero-order chi connectivity index (χ0) is 21.0. The van der Waals surface area contributed by atoms with Crippen molar-refractivity contribution in [3.05, 3.63) is 78.8 Å². The molecule has 0 spiro atoms. The van der Waals surface area contributed by atoms with Gasteiger partial charge >= 0.3 is 0 Å². The SMILES string of the molecule is O=C(c1cnc2c(c1)ncn2Cc1ccccc1)N1CCCCC1CCn1ccnc1. The van der Waals surface area contributed by atoms with E-state index in [1.165, 1.54) is 12.0 Å². The first-order valence-electron chi connectivity index (χ1n) is 10.9. The lowest BCUT2D eigenvalue weighted by atomic mass is 9.98. The van der Waals surface area contributed by atoms with Gasteiger partial charge in [-0.1, -0.05) is 30.3 Å². The minimum atomic E-state index is 0.0577. The molecule has 1 amide bonds. The zero-order valence-corrected chi connectivity index (χ0v) is 17.5. The molecule has 1 aliphatic rings. The number of piperidine rings is 1.